The van der Waals surface area contributed by atoms with Gasteiger partial charge in [-0.05, 0) is 18.8 Å². The van der Waals surface area contributed by atoms with Crippen molar-refractivity contribution in [2.24, 2.45) is 11.8 Å². The lowest BCUT2D eigenvalue weighted by molar-refractivity contribution is -0.142. The Labute approximate surface area is 103 Å². The van der Waals surface area contributed by atoms with Gasteiger partial charge < -0.3 is 15.7 Å². The fourth-order valence-corrected chi connectivity index (χ4v) is 1.54. The summed E-state index contributed by atoms with van der Waals surface area (Å²) in [4.78, 5) is 22.4. The molecule has 0 heterocycles. The van der Waals surface area contributed by atoms with Gasteiger partial charge in [-0.1, -0.05) is 27.7 Å². The third-order valence-electron chi connectivity index (χ3n) is 2.93. The van der Waals surface area contributed by atoms with Gasteiger partial charge in [-0.25, -0.2) is 4.79 Å². The van der Waals surface area contributed by atoms with E-state index in [0.717, 1.165) is 12.8 Å². The first-order valence-corrected chi connectivity index (χ1v) is 6.19. The predicted octanol–water partition coefficient (Wildman–Crippen LogP) is 1.83. The molecule has 5 heteroatoms. The maximum atomic E-state index is 11.5. The van der Waals surface area contributed by atoms with Gasteiger partial charge in [-0.15, -0.1) is 0 Å². The number of amides is 2. The summed E-state index contributed by atoms with van der Waals surface area (Å²) in [6, 6.07) is -0.136. The molecule has 0 aliphatic carbocycles. The number of carbonyl (C=O) groups is 2. The fraction of sp³-hybridized carbons (Fsp3) is 0.833. The van der Waals surface area contributed by atoms with Crippen molar-refractivity contribution in [3.63, 3.8) is 0 Å². The number of carboxylic acids is 1. The van der Waals surface area contributed by atoms with Gasteiger partial charge in [0.15, 0.2) is 0 Å². The van der Waals surface area contributed by atoms with Crippen molar-refractivity contribution in [2.45, 2.75) is 46.6 Å². The number of nitrogens with one attached hydrogen (secondary N) is 2. The number of urea groups is 1. The Morgan fingerprint density at radius 1 is 1.18 bits per heavy atom. The first kappa shape index (κ1) is 15.7. The van der Waals surface area contributed by atoms with Crippen LogP contribution in [0.3, 0.4) is 0 Å². The van der Waals surface area contributed by atoms with Crippen LogP contribution >= 0.6 is 0 Å². The number of carbonyl (C=O) groups excluding carboxylic acids is 1. The second kappa shape index (κ2) is 7.92. The summed E-state index contributed by atoms with van der Waals surface area (Å²) in [5.41, 5.74) is 0. The first-order valence-electron chi connectivity index (χ1n) is 6.19. The largest absolute Gasteiger partial charge is 0.481 e. The third kappa shape index (κ3) is 6.14. The molecule has 5 nitrogen and oxygen atoms in total. The molecule has 0 rings (SSSR count). The predicted molar refractivity (Wildman–Crippen MR) is 66.9 cm³/mol. The lowest BCUT2D eigenvalue weighted by Gasteiger charge is -2.19. The van der Waals surface area contributed by atoms with Gasteiger partial charge >= 0.3 is 12.0 Å². The molecular formula is C12H24N2O3. The summed E-state index contributed by atoms with van der Waals surface area (Å²) in [6.45, 7) is 7.84. The number of hydrogen-bond acceptors (Lipinski definition) is 2. The highest BCUT2D eigenvalue weighted by molar-refractivity contribution is 5.76. The lowest BCUT2D eigenvalue weighted by Crippen LogP contribution is -2.44. The Kier molecular flexibility index (Phi) is 7.34. The number of aliphatic carboxylic acids is 1. The van der Waals surface area contributed by atoms with Crippen LogP contribution in [0.25, 0.3) is 0 Å². The molecule has 0 aromatic rings. The highest BCUT2D eigenvalue weighted by atomic mass is 16.4. The Morgan fingerprint density at radius 3 is 2.06 bits per heavy atom. The van der Waals surface area contributed by atoms with Crippen LogP contribution in [0.5, 0.6) is 0 Å². The molecule has 0 aromatic carbocycles. The second-order valence-electron chi connectivity index (χ2n) is 4.56. The first-order chi connectivity index (χ1) is 7.92. The van der Waals surface area contributed by atoms with E-state index in [-0.39, 0.29) is 24.5 Å². The van der Waals surface area contributed by atoms with Gasteiger partial charge in [0, 0.05) is 12.6 Å². The van der Waals surface area contributed by atoms with Crippen LogP contribution < -0.4 is 10.6 Å². The summed E-state index contributed by atoms with van der Waals surface area (Å²) in [5, 5.41) is 14.4. The molecule has 0 aliphatic rings. The van der Waals surface area contributed by atoms with Crippen LogP contribution in [0.15, 0.2) is 0 Å². The van der Waals surface area contributed by atoms with E-state index in [1.807, 2.05) is 27.7 Å². The minimum Gasteiger partial charge on any atom is -0.481 e. The molecule has 0 radical (unpaired) electrons. The number of carboxylic acid groups (broad SMARTS) is 1. The second-order valence-corrected chi connectivity index (χ2v) is 4.56. The lowest BCUT2D eigenvalue weighted by atomic mass is 9.96. The number of hydrogen-bond donors (Lipinski definition) is 3. The molecule has 0 spiro atoms. The van der Waals surface area contributed by atoms with Crippen molar-refractivity contribution >= 4 is 12.0 Å². The monoisotopic (exact) mass is 244 g/mol. The Hall–Kier alpha value is -1.26. The topological polar surface area (TPSA) is 78.4 Å². The molecule has 100 valence electrons. The molecule has 1 atom stereocenters. The molecule has 0 aliphatic heterocycles. The minimum absolute atomic E-state index is 0.000877. The SMILES string of the molecule is CCC(CC)NC(=O)NCC(C(=O)O)C(C)C. The Bertz CT molecular complexity index is 250. The Morgan fingerprint density at radius 2 is 1.71 bits per heavy atom. The van der Waals surface area contributed by atoms with Gasteiger partial charge in [-0.3, -0.25) is 4.79 Å². The van der Waals surface area contributed by atoms with Crippen molar-refractivity contribution in [1.29, 1.82) is 0 Å². The Balaban J connectivity index is 4.09. The summed E-state index contributed by atoms with van der Waals surface area (Å²) >= 11 is 0. The van der Waals surface area contributed by atoms with Crippen LogP contribution in [-0.4, -0.2) is 29.7 Å². The van der Waals surface area contributed by atoms with Crippen molar-refractivity contribution in [1.82, 2.24) is 10.6 Å². The maximum Gasteiger partial charge on any atom is 0.315 e. The summed E-state index contributed by atoms with van der Waals surface area (Å²) in [6.07, 6.45) is 1.74. The zero-order chi connectivity index (χ0) is 13.4. The summed E-state index contributed by atoms with van der Waals surface area (Å²) < 4.78 is 0. The van der Waals surface area contributed by atoms with Crippen molar-refractivity contribution in [3.05, 3.63) is 0 Å². The van der Waals surface area contributed by atoms with Crippen molar-refractivity contribution < 1.29 is 14.7 Å². The molecule has 0 saturated carbocycles. The van der Waals surface area contributed by atoms with Crippen molar-refractivity contribution in [3.8, 4) is 0 Å². The molecule has 2 amide bonds. The number of rotatable bonds is 7. The molecule has 0 aromatic heterocycles. The van der Waals surface area contributed by atoms with Gasteiger partial charge in [0.25, 0.3) is 0 Å². The normalized spacial score (nSPS) is 12.6. The average molecular weight is 244 g/mol. The van der Waals surface area contributed by atoms with E-state index < -0.39 is 11.9 Å². The third-order valence-corrected chi connectivity index (χ3v) is 2.93. The highest BCUT2D eigenvalue weighted by Gasteiger charge is 2.22. The van der Waals surface area contributed by atoms with Crippen LogP contribution in [0.4, 0.5) is 4.79 Å². The van der Waals surface area contributed by atoms with Crippen LogP contribution in [-0.2, 0) is 4.79 Å². The smallest absolute Gasteiger partial charge is 0.315 e. The summed E-state index contributed by atoms with van der Waals surface area (Å²) in [7, 11) is 0. The standard InChI is InChI=1S/C12H24N2O3/c1-5-9(6-2)14-12(17)13-7-10(8(3)4)11(15)16/h8-10H,5-7H2,1-4H3,(H,15,16)(H2,13,14,17). The fourth-order valence-electron chi connectivity index (χ4n) is 1.54. The van der Waals surface area contributed by atoms with E-state index in [9.17, 15) is 9.59 Å². The van der Waals surface area contributed by atoms with E-state index in [1.54, 1.807) is 0 Å². The molecule has 0 bridgehead atoms. The minimum atomic E-state index is -0.872. The van der Waals surface area contributed by atoms with E-state index in [2.05, 4.69) is 10.6 Å². The molecule has 3 N–H and O–H groups in total. The molecule has 1 unspecified atom stereocenters. The van der Waals surface area contributed by atoms with E-state index in [0.29, 0.717) is 0 Å². The van der Waals surface area contributed by atoms with Gasteiger partial charge in [-0.2, -0.15) is 0 Å². The molecule has 0 saturated heterocycles. The quantitative estimate of drug-likeness (QED) is 0.639. The van der Waals surface area contributed by atoms with Gasteiger partial charge in [0.05, 0.1) is 5.92 Å². The van der Waals surface area contributed by atoms with E-state index >= 15 is 0 Å². The van der Waals surface area contributed by atoms with E-state index in [1.165, 1.54) is 0 Å². The van der Waals surface area contributed by atoms with Gasteiger partial charge in [0.2, 0.25) is 0 Å². The van der Waals surface area contributed by atoms with Crippen LogP contribution in [0, 0.1) is 11.8 Å². The van der Waals surface area contributed by atoms with E-state index in [4.69, 9.17) is 5.11 Å². The molecule has 0 fully saturated rings. The maximum absolute atomic E-state index is 11.5. The molecule has 17 heavy (non-hydrogen) atoms. The zero-order valence-corrected chi connectivity index (χ0v) is 11.1. The molecular weight excluding hydrogens is 220 g/mol. The van der Waals surface area contributed by atoms with Crippen LogP contribution in [0.1, 0.15) is 40.5 Å². The zero-order valence-electron chi connectivity index (χ0n) is 11.1. The average Bonchev–Trinajstić information content (AvgIpc) is 2.25. The highest BCUT2D eigenvalue weighted by Crippen LogP contribution is 2.09. The van der Waals surface area contributed by atoms with Crippen LogP contribution in [0.2, 0.25) is 0 Å². The van der Waals surface area contributed by atoms with Crippen molar-refractivity contribution in [2.75, 3.05) is 6.54 Å². The van der Waals surface area contributed by atoms with Gasteiger partial charge in [0.1, 0.15) is 0 Å². The summed E-state index contributed by atoms with van der Waals surface area (Å²) in [5.74, 6) is -1.41.